The van der Waals surface area contributed by atoms with Gasteiger partial charge in [-0.05, 0) is 142 Å². The van der Waals surface area contributed by atoms with E-state index < -0.39 is 90.3 Å². The highest BCUT2D eigenvalue weighted by Gasteiger charge is 2.64. The summed E-state index contributed by atoms with van der Waals surface area (Å²) in [6.07, 6.45) is 18.6. The highest BCUT2D eigenvalue weighted by atomic mass is 35.5. The first kappa shape index (κ1) is 70.3. The number of esters is 2. The summed E-state index contributed by atoms with van der Waals surface area (Å²) in [6, 6.07) is 10.7. The molecule has 10 aliphatic rings. The highest BCUT2D eigenvalue weighted by Crippen LogP contribution is 2.59. The number of hydrogen-bond donors (Lipinski definition) is 1. The van der Waals surface area contributed by atoms with E-state index in [2.05, 4.69) is 27.2 Å². The van der Waals surface area contributed by atoms with Gasteiger partial charge in [0.25, 0.3) is 0 Å². The number of nitrogens with zero attached hydrogens (tertiary/aromatic N) is 4. The predicted molar refractivity (Wildman–Crippen MR) is 356 cm³/mol. The number of allylic oxidation sites excluding steroid dienone is 4. The number of nitrogens with one attached hydrogen (secondary N) is 1. The first-order chi connectivity index (χ1) is 45.4. The third-order valence-electron chi connectivity index (χ3n) is 20.7. The fourth-order valence-electron chi connectivity index (χ4n) is 15.3. The average molecular weight is 1360 g/mol. The fourth-order valence-corrected chi connectivity index (χ4v) is 16.9. The molecule has 3 amide bonds. The molecule has 7 aliphatic heterocycles. The van der Waals surface area contributed by atoms with Crippen LogP contribution in [0.25, 0.3) is 0 Å². The van der Waals surface area contributed by atoms with E-state index >= 15 is 0 Å². The Hall–Kier alpha value is -7.07. The van der Waals surface area contributed by atoms with E-state index in [0.29, 0.717) is 86.4 Å². The smallest absolute Gasteiger partial charge is 0.307 e. The van der Waals surface area contributed by atoms with Crippen molar-refractivity contribution in [1.82, 2.24) is 14.5 Å². The molecule has 0 radical (unpaired) electrons. The fraction of sp³-hybridized carbons (Fsp3) is 0.630. The molecular weight excluding hydrogens is 1270 g/mol. The molecule has 1 N–H and O–H groups in total. The molecule has 7 heterocycles. The van der Waals surface area contributed by atoms with Crippen molar-refractivity contribution in [3.8, 4) is 5.75 Å². The summed E-state index contributed by atoms with van der Waals surface area (Å²) in [5.41, 5.74) is -2.36. The van der Waals surface area contributed by atoms with Crippen molar-refractivity contribution in [2.45, 2.75) is 236 Å². The number of rotatable bonds is 11. The molecule has 518 valence electrons. The Morgan fingerprint density at radius 3 is 1.75 bits per heavy atom. The van der Waals surface area contributed by atoms with Crippen LogP contribution in [0.2, 0.25) is 5.02 Å². The lowest BCUT2D eigenvalue weighted by atomic mass is 9.86. The summed E-state index contributed by atoms with van der Waals surface area (Å²) < 4.78 is 44.9. The van der Waals surface area contributed by atoms with E-state index in [1.807, 2.05) is 24.3 Å². The predicted octanol–water partition coefficient (Wildman–Crippen LogP) is 10.6. The molecule has 0 aromatic heterocycles. The summed E-state index contributed by atoms with van der Waals surface area (Å²) in [6.45, 7) is 12.9. The Morgan fingerprint density at radius 2 is 1.20 bits per heavy atom. The minimum atomic E-state index is -3.84. The van der Waals surface area contributed by atoms with Gasteiger partial charge in [-0.15, -0.1) is 0 Å². The topological polar surface area (TPSA) is 277 Å². The van der Waals surface area contributed by atoms with Crippen molar-refractivity contribution in [3.63, 3.8) is 0 Å². The molecule has 2 saturated heterocycles. The highest BCUT2D eigenvalue weighted by molar-refractivity contribution is 7.91. The number of halogens is 1. The molecule has 12 rings (SSSR count). The monoisotopic (exact) mass is 1360 g/mol. The number of benzene rings is 2. The maximum atomic E-state index is 14.6. The summed E-state index contributed by atoms with van der Waals surface area (Å²) in [5, 5.41) is 8.49. The Morgan fingerprint density at radius 1 is 0.667 bits per heavy atom. The molecule has 2 aromatic carbocycles. The Kier molecular flexibility index (Phi) is 20.3. The second-order valence-corrected chi connectivity index (χ2v) is 33.0. The van der Waals surface area contributed by atoms with Gasteiger partial charge < -0.3 is 33.7 Å². The maximum Gasteiger partial charge on any atom is 0.307 e. The number of Topliss-reactive ketones (excluding diaryl/α,β-unsaturated/α-hetero) is 4. The Labute approximate surface area is 567 Å². The van der Waals surface area contributed by atoms with Gasteiger partial charge >= 0.3 is 11.9 Å². The van der Waals surface area contributed by atoms with Crippen LogP contribution < -0.4 is 9.46 Å². The second kappa shape index (κ2) is 27.7. The quantitative estimate of drug-likeness (QED) is 0.124. The molecule has 10 unspecified atom stereocenters. The van der Waals surface area contributed by atoms with Crippen LogP contribution in [-0.4, -0.2) is 142 Å². The lowest BCUT2D eigenvalue weighted by Gasteiger charge is -2.29. The van der Waals surface area contributed by atoms with Gasteiger partial charge in [0.1, 0.15) is 28.4 Å². The summed E-state index contributed by atoms with van der Waals surface area (Å²) in [4.78, 5) is 139. The zero-order chi connectivity index (χ0) is 68.8. The van der Waals surface area contributed by atoms with Crippen LogP contribution in [0, 0.1) is 34.5 Å². The zero-order valence-corrected chi connectivity index (χ0v) is 58.0. The van der Waals surface area contributed by atoms with Crippen molar-refractivity contribution in [3.05, 3.63) is 88.5 Å². The largest absolute Gasteiger partial charge is 0.491 e. The van der Waals surface area contributed by atoms with Gasteiger partial charge in [0.15, 0.2) is 22.8 Å². The van der Waals surface area contributed by atoms with Crippen LogP contribution >= 0.6 is 11.6 Å². The van der Waals surface area contributed by atoms with Gasteiger partial charge in [0.05, 0.1) is 66.0 Å². The molecule has 96 heavy (non-hydrogen) atoms. The standard InChI is InChI=1S/C38H48ClN3O9S.C35H44N2O7/c1-36(2,3)50-32(44)17-24-9-7-5-4-6-8-10-26-18-38(26,35(46)41-52(47,48)27-11-12-27)21-31(43)30-20-37(22-42(30)34(24)45)19-29(40-51-37)25-15-23-13-14-49-33(23)28(39)16-25;1-23(38)35-18-26(35)16-12-7-5-6-9-15-25(17-30(40)43-33(2,3)4)32(42)37-22-34(20-28(37)29(39)21-35)19-27(36-44-34)31(41)24-13-10-8-11-14-24/h8,10,15-16,24,26-27,30H,4-7,9,11-14,17-22H2,1-3H3,(H,41,46);8,10-14,16,25-26,28H,5-7,9,15,17-22H2,1-4H3/b10-8-;16-12-. The van der Waals surface area contributed by atoms with Crippen molar-refractivity contribution < 1.29 is 75.5 Å². The number of carbonyl (C=O) groups is 9. The van der Waals surface area contributed by atoms with Crippen LogP contribution in [0.5, 0.6) is 5.75 Å². The normalized spacial score (nSPS) is 31.4. The van der Waals surface area contributed by atoms with E-state index in [9.17, 15) is 51.6 Å². The number of ether oxygens (including phenoxy) is 3. The van der Waals surface area contributed by atoms with Crippen molar-refractivity contribution in [2.75, 3.05) is 19.7 Å². The minimum Gasteiger partial charge on any atom is -0.491 e. The van der Waals surface area contributed by atoms with Gasteiger partial charge in [-0.3, -0.25) is 47.9 Å². The van der Waals surface area contributed by atoms with E-state index in [0.717, 1.165) is 56.1 Å². The molecule has 10 atom stereocenters. The second-order valence-electron chi connectivity index (χ2n) is 30.6. The minimum absolute atomic E-state index is 0.00895. The Balaban J connectivity index is 0.000000198. The summed E-state index contributed by atoms with van der Waals surface area (Å²) in [5.74, 6) is -4.10. The number of ketones is 4. The van der Waals surface area contributed by atoms with E-state index in [-0.39, 0.29) is 111 Å². The van der Waals surface area contributed by atoms with Gasteiger partial charge in [0.2, 0.25) is 33.5 Å². The van der Waals surface area contributed by atoms with Crippen LogP contribution in [-0.2, 0) is 73.9 Å². The average Bonchev–Trinajstić information content (AvgIpc) is 1.58. The molecule has 3 aliphatic carbocycles. The first-order valence-corrected chi connectivity index (χ1v) is 36.4. The van der Waals surface area contributed by atoms with Crippen LogP contribution in [0.4, 0.5) is 0 Å². The number of fused-ring (bicyclic) bond motifs is 5. The Bertz CT molecular complexity index is 3680. The van der Waals surface area contributed by atoms with Gasteiger partial charge in [-0.1, -0.05) is 102 Å². The van der Waals surface area contributed by atoms with E-state index in [1.54, 1.807) is 83.7 Å². The number of oxime groups is 2. The first-order valence-electron chi connectivity index (χ1n) is 34.5. The molecule has 5 fully saturated rings. The van der Waals surface area contributed by atoms with E-state index in [1.165, 1.54) is 4.90 Å². The zero-order valence-electron chi connectivity index (χ0n) is 56.4. The summed E-state index contributed by atoms with van der Waals surface area (Å²) >= 11 is 6.55. The molecule has 3 saturated carbocycles. The van der Waals surface area contributed by atoms with Crippen LogP contribution in [0.15, 0.2) is 77.1 Å². The number of amides is 3. The number of sulfonamides is 1. The molecular formula is C73H92ClN5O16S. The van der Waals surface area contributed by atoms with Crippen LogP contribution in [0.1, 0.15) is 211 Å². The third-order valence-corrected chi connectivity index (χ3v) is 22.8. The van der Waals surface area contributed by atoms with Gasteiger partial charge in [0, 0.05) is 73.3 Å². The lowest BCUT2D eigenvalue weighted by molar-refractivity contribution is -0.159. The van der Waals surface area contributed by atoms with Crippen molar-refractivity contribution in [2.24, 2.45) is 44.8 Å². The lowest BCUT2D eigenvalue weighted by Crippen LogP contribution is -2.47. The maximum absolute atomic E-state index is 14.6. The van der Waals surface area contributed by atoms with Crippen molar-refractivity contribution >= 4 is 85.8 Å². The van der Waals surface area contributed by atoms with Crippen molar-refractivity contribution in [1.29, 1.82) is 0 Å². The van der Waals surface area contributed by atoms with Gasteiger partial charge in [-0.25, -0.2) is 8.42 Å². The SMILES string of the molecule is CC(=O)C12CC(=O)C3CC4(CC(C(=O)c5ccccc5)=NO4)CN3C(=O)C(CC(=O)OC(C)(C)C)CCCCC/C=C\C1C2.CC(C)(C)OC(=O)CC1CCCCC/C=C\C2CC2(C(=O)NS(=O)(=O)C2CC2)CC(=O)C2CC3(CC(c4cc(Cl)c5c(c4)CCO5)=NO3)CN2C1=O. The van der Waals surface area contributed by atoms with Gasteiger partial charge in [-0.2, -0.15) is 0 Å². The molecule has 21 nitrogen and oxygen atoms in total. The molecule has 0 bridgehead atoms. The molecule has 23 heteroatoms. The third kappa shape index (κ3) is 15.9. The number of carbonyl (C=O) groups excluding carboxylic acids is 9. The molecule has 2 spiro atoms. The molecule has 2 aromatic rings. The summed E-state index contributed by atoms with van der Waals surface area (Å²) in [7, 11) is -3.84. The van der Waals surface area contributed by atoms with Crippen LogP contribution in [0.3, 0.4) is 0 Å². The number of hydrogen-bond acceptors (Lipinski definition) is 18. The van der Waals surface area contributed by atoms with E-state index in [4.69, 9.17) is 35.5 Å².